The van der Waals surface area contributed by atoms with Crippen molar-refractivity contribution < 1.29 is 9.13 Å². The molecule has 0 atom stereocenters. The lowest BCUT2D eigenvalue weighted by atomic mass is 9.81. The summed E-state index contributed by atoms with van der Waals surface area (Å²) in [7, 11) is 1.55. The van der Waals surface area contributed by atoms with E-state index in [1.807, 2.05) is 12.1 Å². The van der Waals surface area contributed by atoms with Gasteiger partial charge in [0, 0.05) is 12.1 Å². The van der Waals surface area contributed by atoms with Crippen molar-refractivity contribution in [2.45, 2.75) is 44.6 Å². The number of nitrogens with one attached hydrogen (secondary N) is 1. The second-order valence-corrected chi connectivity index (χ2v) is 5.71. The first-order chi connectivity index (χ1) is 8.53. The summed E-state index contributed by atoms with van der Waals surface area (Å²) in [6.45, 7) is 5.13. The molecule has 2 rings (SSSR count). The van der Waals surface area contributed by atoms with Gasteiger partial charge < -0.3 is 10.1 Å². The molecule has 0 bridgehead atoms. The lowest BCUT2D eigenvalue weighted by Gasteiger charge is -2.26. The van der Waals surface area contributed by atoms with Crippen molar-refractivity contribution in [3.05, 3.63) is 29.6 Å². The predicted octanol–water partition coefficient (Wildman–Crippen LogP) is 3.25. The molecule has 1 aromatic rings. The van der Waals surface area contributed by atoms with Crippen LogP contribution in [0.3, 0.4) is 0 Å². The van der Waals surface area contributed by atoms with Gasteiger partial charge in [-0.3, -0.25) is 0 Å². The third-order valence-electron chi connectivity index (χ3n) is 3.67. The fourth-order valence-electron chi connectivity index (χ4n) is 2.18. The number of hydrogen-bond donors (Lipinski definition) is 1. The Morgan fingerprint density at radius 3 is 2.67 bits per heavy atom. The molecule has 0 saturated heterocycles. The van der Waals surface area contributed by atoms with Crippen LogP contribution in [0, 0.1) is 5.82 Å². The van der Waals surface area contributed by atoms with Crippen LogP contribution >= 0.6 is 0 Å². The summed E-state index contributed by atoms with van der Waals surface area (Å²) in [6.07, 6.45) is 3.52. The topological polar surface area (TPSA) is 21.3 Å². The number of rotatable bonds is 6. The second-order valence-electron chi connectivity index (χ2n) is 5.71. The van der Waals surface area contributed by atoms with Crippen LogP contribution in [0.5, 0.6) is 5.75 Å². The molecular weight excluding hydrogens is 229 g/mol. The predicted molar refractivity (Wildman–Crippen MR) is 71.6 cm³/mol. The molecule has 2 nitrogen and oxygen atoms in total. The molecule has 1 aliphatic rings. The average Bonchev–Trinajstić information content (AvgIpc) is 3.12. The van der Waals surface area contributed by atoms with E-state index >= 15 is 0 Å². The Hall–Kier alpha value is -1.09. The maximum Gasteiger partial charge on any atom is 0.130 e. The molecule has 1 aliphatic carbocycles. The standard InChI is InChI=1S/C15H22FNO/c1-15(2,8-9-17-11-4-5-11)13-7-6-12(18-3)10-14(13)16/h6-7,10-11,17H,4-5,8-9H2,1-3H3. The molecule has 0 amide bonds. The highest BCUT2D eigenvalue weighted by Gasteiger charge is 2.26. The van der Waals surface area contributed by atoms with Crippen molar-refractivity contribution in [3.8, 4) is 5.75 Å². The summed E-state index contributed by atoms with van der Waals surface area (Å²) in [5, 5.41) is 3.48. The van der Waals surface area contributed by atoms with Gasteiger partial charge in [-0.05, 0) is 42.9 Å². The van der Waals surface area contributed by atoms with Crippen molar-refractivity contribution in [2.75, 3.05) is 13.7 Å². The molecule has 0 radical (unpaired) electrons. The van der Waals surface area contributed by atoms with Crippen LogP contribution in [-0.4, -0.2) is 19.7 Å². The SMILES string of the molecule is COc1ccc(C(C)(C)CCNC2CC2)c(F)c1. The molecule has 1 saturated carbocycles. The van der Waals surface area contributed by atoms with Gasteiger partial charge in [0.05, 0.1) is 7.11 Å². The lowest BCUT2D eigenvalue weighted by molar-refractivity contribution is 0.403. The maximum atomic E-state index is 14.0. The molecule has 0 heterocycles. The third-order valence-corrected chi connectivity index (χ3v) is 3.67. The van der Waals surface area contributed by atoms with Crippen molar-refractivity contribution in [1.82, 2.24) is 5.32 Å². The number of hydrogen-bond acceptors (Lipinski definition) is 2. The van der Waals surface area contributed by atoms with Gasteiger partial charge in [0.2, 0.25) is 0 Å². The number of benzene rings is 1. The summed E-state index contributed by atoms with van der Waals surface area (Å²) < 4.78 is 19.1. The van der Waals surface area contributed by atoms with Crippen LogP contribution in [0.25, 0.3) is 0 Å². The molecule has 1 N–H and O–H groups in total. The van der Waals surface area contributed by atoms with Gasteiger partial charge in [-0.1, -0.05) is 19.9 Å². The van der Waals surface area contributed by atoms with Crippen LogP contribution in [0.2, 0.25) is 0 Å². The summed E-state index contributed by atoms with van der Waals surface area (Å²) in [5.41, 5.74) is 0.610. The fraction of sp³-hybridized carbons (Fsp3) is 0.600. The molecule has 1 aromatic carbocycles. The van der Waals surface area contributed by atoms with Gasteiger partial charge in [-0.25, -0.2) is 4.39 Å². The van der Waals surface area contributed by atoms with E-state index in [1.165, 1.54) is 18.9 Å². The van der Waals surface area contributed by atoms with E-state index in [1.54, 1.807) is 7.11 Å². The highest BCUT2D eigenvalue weighted by Crippen LogP contribution is 2.31. The molecule has 100 valence electrons. The summed E-state index contributed by atoms with van der Waals surface area (Å²) in [5.74, 6) is 0.397. The van der Waals surface area contributed by atoms with Gasteiger partial charge in [0.1, 0.15) is 11.6 Å². The molecule has 1 fully saturated rings. The minimum absolute atomic E-state index is 0.155. The molecule has 18 heavy (non-hydrogen) atoms. The van der Waals surface area contributed by atoms with Gasteiger partial charge >= 0.3 is 0 Å². The quantitative estimate of drug-likeness (QED) is 0.838. The van der Waals surface area contributed by atoms with Gasteiger partial charge in [-0.2, -0.15) is 0 Å². The van der Waals surface area contributed by atoms with E-state index in [-0.39, 0.29) is 11.2 Å². The minimum atomic E-state index is -0.175. The Morgan fingerprint density at radius 2 is 2.11 bits per heavy atom. The van der Waals surface area contributed by atoms with Crippen LogP contribution in [0.15, 0.2) is 18.2 Å². The molecule has 0 spiro atoms. The highest BCUT2D eigenvalue weighted by atomic mass is 19.1. The van der Waals surface area contributed by atoms with Crippen molar-refractivity contribution in [2.24, 2.45) is 0 Å². The normalized spacial score (nSPS) is 15.8. The zero-order chi connectivity index (χ0) is 13.2. The first-order valence-electron chi connectivity index (χ1n) is 6.60. The van der Waals surface area contributed by atoms with E-state index in [4.69, 9.17) is 4.74 Å². The Bertz CT molecular complexity index is 413. The van der Waals surface area contributed by atoms with Gasteiger partial charge in [-0.15, -0.1) is 0 Å². The number of ether oxygens (including phenoxy) is 1. The van der Waals surface area contributed by atoms with Crippen molar-refractivity contribution in [3.63, 3.8) is 0 Å². The minimum Gasteiger partial charge on any atom is -0.497 e. The van der Waals surface area contributed by atoms with Crippen molar-refractivity contribution >= 4 is 0 Å². The molecule has 3 heteroatoms. The first-order valence-corrected chi connectivity index (χ1v) is 6.60. The Balaban J connectivity index is 2.02. The summed E-state index contributed by atoms with van der Waals surface area (Å²) in [4.78, 5) is 0. The monoisotopic (exact) mass is 251 g/mol. The smallest absolute Gasteiger partial charge is 0.130 e. The molecule has 0 unspecified atom stereocenters. The van der Waals surface area contributed by atoms with E-state index in [0.717, 1.165) is 18.5 Å². The lowest BCUT2D eigenvalue weighted by Crippen LogP contribution is -2.27. The van der Waals surface area contributed by atoms with E-state index in [0.29, 0.717) is 11.8 Å². The summed E-state index contributed by atoms with van der Waals surface area (Å²) >= 11 is 0. The Labute approximate surface area is 109 Å². The second kappa shape index (κ2) is 5.27. The van der Waals surface area contributed by atoms with Crippen LogP contribution in [0.1, 0.15) is 38.7 Å². The van der Waals surface area contributed by atoms with Crippen LogP contribution in [-0.2, 0) is 5.41 Å². The summed E-state index contributed by atoms with van der Waals surface area (Å²) in [6, 6.07) is 5.84. The number of methoxy groups -OCH3 is 1. The van der Waals surface area contributed by atoms with E-state index in [2.05, 4.69) is 19.2 Å². The highest BCUT2D eigenvalue weighted by molar-refractivity contribution is 5.33. The molecule has 0 aromatic heterocycles. The third kappa shape index (κ3) is 3.22. The Morgan fingerprint density at radius 1 is 1.39 bits per heavy atom. The first kappa shape index (κ1) is 13.3. The van der Waals surface area contributed by atoms with Crippen molar-refractivity contribution in [1.29, 1.82) is 0 Å². The number of halogens is 1. The zero-order valence-corrected chi connectivity index (χ0v) is 11.4. The van der Waals surface area contributed by atoms with Gasteiger partial charge in [0.15, 0.2) is 0 Å². The van der Waals surface area contributed by atoms with Crippen LogP contribution < -0.4 is 10.1 Å². The maximum absolute atomic E-state index is 14.0. The zero-order valence-electron chi connectivity index (χ0n) is 11.4. The van der Waals surface area contributed by atoms with E-state index < -0.39 is 0 Å². The largest absolute Gasteiger partial charge is 0.497 e. The van der Waals surface area contributed by atoms with E-state index in [9.17, 15) is 4.39 Å². The van der Waals surface area contributed by atoms with Crippen LogP contribution in [0.4, 0.5) is 4.39 Å². The fourth-order valence-corrected chi connectivity index (χ4v) is 2.18. The average molecular weight is 251 g/mol. The molecule has 0 aliphatic heterocycles. The molecular formula is C15H22FNO. The van der Waals surface area contributed by atoms with Gasteiger partial charge in [0.25, 0.3) is 0 Å². The Kier molecular flexibility index (Phi) is 3.91.